The summed E-state index contributed by atoms with van der Waals surface area (Å²) in [5.41, 5.74) is 0.750. The number of carbonyl (C=O) groups excluding carboxylic acids is 1. The van der Waals surface area contributed by atoms with Gasteiger partial charge in [-0.05, 0) is 32.8 Å². The number of benzene rings is 1. The standard InChI is InChI=1S/C18H26N2O3/c1-18(2,3)23-17(22)20-11-14-9-15(20)16(12-21)19(14)10-13-7-5-4-6-8-13/h4-8,14-16,21H,9-12H2,1-3H3/t14-,15-,16+/m0/s1. The smallest absolute Gasteiger partial charge is 0.410 e. The van der Waals surface area contributed by atoms with Crippen LogP contribution in [-0.4, -0.2) is 57.9 Å². The first-order chi connectivity index (χ1) is 10.9. The molecule has 23 heavy (non-hydrogen) atoms. The van der Waals surface area contributed by atoms with Gasteiger partial charge in [0, 0.05) is 19.1 Å². The molecule has 0 aromatic heterocycles. The molecule has 0 spiro atoms. The third-order valence-electron chi connectivity index (χ3n) is 4.68. The Balaban J connectivity index is 1.70. The van der Waals surface area contributed by atoms with E-state index < -0.39 is 5.60 Å². The first kappa shape index (κ1) is 16.3. The summed E-state index contributed by atoms with van der Waals surface area (Å²) in [6.07, 6.45) is 0.653. The molecule has 0 radical (unpaired) electrons. The van der Waals surface area contributed by atoms with Gasteiger partial charge >= 0.3 is 6.09 Å². The van der Waals surface area contributed by atoms with Crippen molar-refractivity contribution in [2.75, 3.05) is 13.2 Å². The van der Waals surface area contributed by atoms with E-state index in [0.717, 1.165) is 13.0 Å². The summed E-state index contributed by atoms with van der Waals surface area (Å²) in [6.45, 7) is 7.20. The molecular weight excluding hydrogens is 292 g/mol. The minimum atomic E-state index is -0.489. The van der Waals surface area contributed by atoms with Crippen molar-refractivity contribution in [2.24, 2.45) is 0 Å². The minimum Gasteiger partial charge on any atom is -0.444 e. The van der Waals surface area contributed by atoms with Crippen molar-refractivity contribution in [3.05, 3.63) is 35.9 Å². The largest absolute Gasteiger partial charge is 0.444 e. The molecule has 2 saturated heterocycles. The van der Waals surface area contributed by atoms with Crippen LogP contribution < -0.4 is 0 Å². The fourth-order valence-electron chi connectivity index (χ4n) is 3.74. The van der Waals surface area contributed by atoms with Gasteiger partial charge in [0.1, 0.15) is 5.60 Å². The molecule has 1 aromatic rings. The van der Waals surface area contributed by atoms with Gasteiger partial charge in [-0.2, -0.15) is 0 Å². The highest BCUT2D eigenvalue weighted by atomic mass is 16.6. The van der Waals surface area contributed by atoms with Gasteiger partial charge in [-0.1, -0.05) is 30.3 Å². The van der Waals surface area contributed by atoms with Crippen molar-refractivity contribution < 1.29 is 14.6 Å². The zero-order chi connectivity index (χ0) is 16.6. The highest BCUT2D eigenvalue weighted by Crippen LogP contribution is 2.37. The van der Waals surface area contributed by atoms with Crippen LogP contribution in [0, 0.1) is 0 Å². The molecule has 126 valence electrons. The molecule has 1 aromatic carbocycles. The van der Waals surface area contributed by atoms with Crippen LogP contribution in [0.15, 0.2) is 30.3 Å². The molecule has 2 fully saturated rings. The molecule has 2 aliphatic rings. The van der Waals surface area contributed by atoms with Crippen LogP contribution in [-0.2, 0) is 11.3 Å². The number of carbonyl (C=O) groups is 1. The van der Waals surface area contributed by atoms with Crippen LogP contribution >= 0.6 is 0 Å². The summed E-state index contributed by atoms with van der Waals surface area (Å²) in [7, 11) is 0. The van der Waals surface area contributed by atoms with Crippen molar-refractivity contribution in [1.29, 1.82) is 0 Å². The lowest BCUT2D eigenvalue weighted by Crippen LogP contribution is -2.56. The Morgan fingerprint density at radius 3 is 2.61 bits per heavy atom. The topological polar surface area (TPSA) is 53.0 Å². The molecule has 3 rings (SSSR count). The van der Waals surface area contributed by atoms with Crippen molar-refractivity contribution in [2.45, 2.75) is 57.5 Å². The number of aliphatic hydroxyl groups excluding tert-OH is 1. The molecule has 2 heterocycles. The third kappa shape index (κ3) is 3.35. The number of hydrogen-bond donors (Lipinski definition) is 1. The predicted octanol–water partition coefficient (Wildman–Crippen LogP) is 2.24. The highest BCUT2D eigenvalue weighted by molar-refractivity contribution is 5.69. The van der Waals surface area contributed by atoms with E-state index in [0.29, 0.717) is 12.6 Å². The lowest BCUT2D eigenvalue weighted by Gasteiger charge is -2.40. The molecule has 3 atom stereocenters. The van der Waals surface area contributed by atoms with E-state index in [2.05, 4.69) is 17.0 Å². The number of hydrogen-bond acceptors (Lipinski definition) is 4. The number of amides is 1. The van der Waals surface area contributed by atoms with E-state index in [9.17, 15) is 9.90 Å². The van der Waals surface area contributed by atoms with Gasteiger partial charge in [0.15, 0.2) is 0 Å². The van der Waals surface area contributed by atoms with Gasteiger partial charge in [-0.3, -0.25) is 4.90 Å². The summed E-state index contributed by atoms with van der Waals surface area (Å²) in [4.78, 5) is 16.5. The maximum absolute atomic E-state index is 12.4. The summed E-state index contributed by atoms with van der Waals surface area (Å²) < 4.78 is 5.51. The van der Waals surface area contributed by atoms with E-state index in [-0.39, 0.29) is 24.8 Å². The second kappa shape index (κ2) is 6.13. The molecule has 0 unspecified atom stereocenters. The molecule has 1 N–H and O–H groups in total. The number of nitrogens with zero attached hydrogens (tertiary/aromatic N) is 2. The average molecular weight is 318 g/mol. The van der Waals surface area contributed by atoms with E-state index in [1.165, 1.54) is 5.56 Å². The number of ether oxygens (including phenoxy) is 1. The second-order valence-electron chi connectivity index (χ2n) is 7.50. The first-order valence-corrected chi connectivity index (χ1v) is 8.29. The molecule has 0 aliphatic carbocycles. The van der Waals surface area contributed by atoms with Crippen LogP contribution in [0.3, 0.4) is 0 Å². The van der Waals surface area contributed by atoms with E-state index in [1.54, 1.807) is 4.90 Å². The molecule has 2 aliphatic heterocycles. The third-order valence-corrected chi connectivity index (χ3v) is 4.68. The van der Waals surface area contributed by atoms with E-state index in [4.69, 9.17) is 4.74 Å². The Morgan fingerprint density at radius 2 is 2.00 bits per heavy atom. The average Bonchev–Trinajstić information content (AvgIpc) is 3.04. The lowest BCUT2D eigenvalue weighted by atomic mass is 10.1. The van der Waals surface area contributed by atoms with Crippen LogP contribution in [0.5, 0.6) is 0 Å². The van der Waals surface area contributed by atoms with Crippen LogP contribution in [0.25, 0.3) is 0 Å². The minimum absolute atomic E-state index is 0.0125. The molecule has 5 heteroatoms. The highest BCUT2D eigenvalue weighted by Gasteiger charge is 2.52. The molecule has 1 amide bonds. The van der Waals surface area contributed by atoms with Crippen molar-refractivity contribution >= 4 is 6.09 Å². The van der Waals surface area contributed by atoms with Crippen molar-refractivity contribution in [1.82, 2.24) is 9.80 Å². The molecule has 2 bridgehead atoms. The lowest BCUT2D eigenvalue weighted by molar-refractivity contribution is -0.00831. The normalized spacial score (nSPS) is 27.5. The molecular formula is C18H26N2O3. The molecule has 5 nitrogen and oxygen atoms in total. The predicted molar refractivity (Wildman–Crippen MR) is 88.0 cm³/mol. The fourth-order valence-corrected chi connectivity index (χ4v) is 3.74. The Hall–Kier alpha value is -1.59. The van der Waals surface area contributed by atoms with Gasteiger partial charge < -0.3 is 14.7 Å². The fraction of sp³-hybridized carbons (Fsp3) is 0.611. The number of likely N-dealkylation sites (tertiary alicyclic amines) is 2. The van der Waals surface area contributed by atoms with Crippen molar-refractivity contribution in [3.8, 4) is 0 Å². The van der Waals surface area contributed by atoms with Gasteiger partial charge in [0.2, 0.25) is 0 Å². The van der Waals surface area contributed by atoms with Gasteiger partial charge in [0.05, 0.1) is 18.7 Å². The quantitative estimate of drug-likeness (QED) is 0.929. The van der Waals surface area contributed by atoms with Gasteiger partial charge in [0.25, 0.3) is 0 Å². The Bertz CT molecular complexity index is 555. The maximum Gasteiger partial charge on any atom is 0.410 e. The number of aliphatic hydroxyl groups is 1. The summed E-state index contributed by atoms with van der Waals surface area (Å²) in [6, 6.07) is 10.6. The number of piperazine rings is 1. The Kier molecular flexibility index (Phi) is 4.34. The van der Waals surface area contributed by atoms with Crippen LogP contribution in [0.2, 0.25) is 0 Å². The number of rotatable bonds is 3. The van der Waals surface area contributed by atoms with Gasteiger partial charge in [-0.15, -0.1) is 0 Å². The van der Waals surface area contributed by atoms with Gasteiger partial charge in [-0.25, -0.2) is 4.79 Å². The number of fused-ring (bicyclic) bond motifs is 2. The zero-order valence-electron chi connectivity index (χ0n) is 14.1. The van der Waals surface area contributed by atoms with Crippen LogP contribution in [0.4, 0.5) is 4.79 Å². The summed E-state index contributed by atoms with van der Waals surface area (Å²) >= 11 is 0. The second-order valence-corrected chi connectivity index (χ2v) is 7.50. The summed E-state index contributed by atoms with van der Waals surface area (Å²) in [5, 5.41) is 9.85. The Morgan fingerprint density at radius 1 is 1.30 bits per heavy atom. The summed E-state index contributed by atoms with van der Waals surface area (Å²) in [5.74, 6) is 0. The van der Waals surface area contributed by atoms with E-state index >= 15 is 0 Å². The van der Waals surface area contributed by atoms with E-state index in [1.807, 2.05) is 39.0 Å². The maximum atomic E-state index is 12.4. The zero-order valence-corrected chi connectivity index (χ0v) is 14.1. The van der Waals surface area contributed by atoms with Crippen molar-refractivity contribution in [3.63, 3.8) is 0 Å². The molecule has 0 saturated carbocycles. The van der Waals surface area contributed by atoms with Crippen LogP contribution in [0.1, 0.15) is 32.8 Å². The first-order valence-electron chi connectivity index (χ1n) is 8.29. The SMILES string of the molecule is CC(C)(C)OC(=O)N1C[C@@H]2C[C@H]1[C@@H](CO)N2Cc1ccccc1. The monoisotopic (exact) mass is 318 g/mol. The Labute approximate surface area is 137 Å².